The maximum atomic E-state index is 13.0. The molecular weight excluding hydrogens is 353 g/mol. The molecule has 1 aliphatic carbocycles. The van der Waals surface area contributed by atoms with Crippen LogP contribution in [-0.4, -0.2) is 51.2 Å². The molecule has 27 heavy (non-hydrogen) atoms. The average molecular weight is 373 g/mol. The first kappa shape index (κ1) is 17.7. The van der Waals surface area contributed by atoms with E-state index in [1.54, 1.807) is 4.90 Å². The minimum absolute atomic E-state index is 0.0239. The Morgan fingerprint density at radius 3 is 2.63 bits per heavy atom. The summed E-state index contributed by atoms with van der Waals surface area (Å²) in [4.78, 5) is 32.3. The second-order valence-electron chi connectivity index (χ2n) is 7.17. The Labute approximate surface area is 154 Å². The summed E-state index contributed by atoms with van der Waals surface area (Å²) in [5.41, 5.74) is -0.432. The molecule has 2 heterocycles. The number of aromatic nitrogens is 2. The van der Waals surface area contributed by atoms with Crippen LogP contribution in [0.5, 0.6) is 5.75 Å². The third kappa shape index (κ3) is 3.57. The number of hydrogen-bond donors (Lipinski definition) is 2. The van der Waals surface area contributed by atoms with Crippen LogP contribution in [0.3, 0.4) is 0 Å². The lowest BCUT2D eigenvalue weighted by molar-refractivity contribution is -0.0231. The zero-order chi connectivity index (χ0) is 19.0. The number of nitrogens with zero attached hydrogens (tertiary/aromatic N) is 2. The maximum Gasteiger partial charge on any atom is 0.263 e. The second-order valence-corrected chi connectivity index (χ2v) is 7.17. The van der Waals surface area contributed by atoms with E-state index in [0.29, 0.717) is 31.7 Å². The summed E-state index contributed by atoms with van der Waals surface area (Å²) in [5.74, 6) is 0.157. The van der Waals surface area contributed by atoms with Crippen LogP contribution in [0.2, 0.25) is 0 Å². The van der Waals surface area contributed by atoms with Crippen molar-refractivity contribution in [3.05, 3.63) is 58.5 Å². The molecule has 1 aromatic carbocycles. The van der Waals surface area contributed by atoms with E-state index >= 15 is 0 Å². The predicted octanol–water partition coefficient (Wildman–Crippen LogP) is 1.20. The molecule has 8 heteroatoms. The van der Waals surface area contributed by atoms with Gasteiger partial charge >= 0.3 is 0 Å². The fourth-order valence-electron chi connectivity index (χ4n) is 4.04. The van der Waals surface area contributed by atoms with Gasteiger partial charge in [-0.15, -0.1) is 0 Å². The van der Waals surface area contributed by atoms with Gasteiger partial charge in [0.15, 0.2) is 0 Å². The Bertz CT molecular complexity index is 885. The van der Waals surface area contributed by atoms with Gasteiger partial charge in [-0.3, -0.25) is 9.59 Å². The van der Waals surface area contributed by atoms with Crippen molar-refractivity contribution in [2.24, 2.45) is 11.8 Å². The Balaban J connectivity index is 1.44. The minimum Gasteiger partial charge on any atom is -0.488 e. The first-order valence-electron chi connectivity index (χ1n) is 8.93. The number of fused-ring (bicyclic) bond motifs is 1. The van der Waals surface area contributed by atoms with Crippen LogP contribution < -0.4 is 10.3 Å². The van der Waals surface area contributed by atoms with Gasteiger partial charge in [0.25, 0.3) is 11.5 Å². The van der Waals surface area contributed by atoms with E-state index in [0.717, 1.165) is 0 Å². The molecule has 7 nitrogen and oxygen atoms in total. The van der Waals surface area contributed by atoms with Crippen molar-refractivity contribution in [1.82, 2.24) is 14.9 Å². The van der Waals surface area contributed by atoms with E-state index in [4.69, 9.17) is 4.74 Å². The van der Waals surface area contributed by atoms with Crippen LogP contribution in [0.15, 0.2) is 41.6 Å². The highest BCUT2D eigenvalue weighted by Gasteiger charge is 2.44. The number of carbonyl (C=O) groups excluding carboxylic acids is 1. The largest absolute Gasteiger partial charge is 0.488 e. The third-order valence-corrected chi connectivity index (χ3v) is 5.42. The first-order valence-corrected chi connectivity index (χ1v) is 8.93. The lowest BCUT2D eigenvalue weighted by Crippen LogP contribution is -2.42. The first-order chi connectivity index (χ1) is 13.0. The van der Waals surface area contributed by atoms with Crippen LogP contribution in [0, 0.1) is 17.7 Å². The molecule has 1 saturated carbocycles. The second kappa shape index (κ2) is 7.11. The number of aromatic amines is 1. The monoisotopic (exact) mass is 373 g/mol. The summed E-state index contributed by atoms with van der Waals surface area (Å²) in [5, 5.41) is 10.5. The summed E-state index contributed by atoms with van der Waals surface area (Å²) in [6.45, 7) is 1.01. The van der Waals surface area contributed by atoms with Crippen LogP contribution in [0.1, 0.15) is 23.2 Å². The number of carbonyl (C=O) groups is 1. The van der Waals surface area contributed by atoms with Crippen LogP contribution >= 0.6 is 0 Å². The standard InChI is InChI=1S/C19H20FN3O4/c20-13-1-3-14(4-2-13)27-17-6-12-9-23(8-11(12)5-16(17)24)19(26)15-7-21-10-22-18(15)25/h1-4,7,10-12,16-17,24H,5-6,8-9H2,(H,21,22,25)/t11-,12+,16+,17+/m0/s1. The van der Waals surface area contributed by atoms with Crippen LogP contribution in [0.25, 0.3) is 0 Å². The van der Waals surface area contributed by atoms with Gasteiger partial charge in [0.1, 0.15) is 23.2 Å². The molecule has 0 unspecified atom stereocenters. The molecule has 1 saturated heterocycles. The van der Waals surface area contributed by atoms with Gasteiger partial charge in [0.05, 0.1) is 12.4 Å². The molecule has 2 fully saturated rings. The van der Waals surface area contributed by atoms with Gasteiger partial charge in [0, 0.05) is 19.3 Å². The number of likely N-dealkylation sites (tertiary alicyclic amines) is 1. The van der Waals surface area contributed by atoms with Crippen molar-refractivity contribution in [3.63, 3.8) is 0 Å². The maximum absolute atomic E-state index is 13.0. The molecule has 2 aromatic rings. The zero-order valence-corrected chi connectivity index (χ0v) is 14.5. The predicted molar refractivity (Wildman–Crippen MR) is 93.8 cm³/mol. The number of ether oxygens (including phenoxy) is 1. The Kier molecular flexibility index (Phi) is 4.65. The highest BCUT2D eigenvalue weighted by Crippen LogP contribution is 2.38. The van der Waals surface area contributed by atoms with Gasteiger partial charge < -0.3 is 19.7 Å². The molecule has 4 rings (SSSR count). The van der Waals surface area contributed by atoms with E-state index in [2.05, 4.69) is 9.97 Å². The zero-order valence-electron chi connectivity index (χ0n) is 14.5. The average Bonchev–Trinajstić information content (AvgIpc) is 3.06. The molecule has 0 radical (unpaired) electrons. The van der Waals surface area contributed by atoms with E-state index < -0.39 is 17.8 Å². The number of benzene rings is 1. The normalized spacial score (nSPS) is 27.3. The summed E-state index contributed by atoms with van der Waals surface area (Å²) < 4.78 is 18.9. The molecule has 1 aliphatic heterocycles. The van der Waals surface area contributed by atoms with Crippen LogP contribution in [0.4, 0.5) is 4.39 Å². The number of nitrogens with one attached hydrogen (secondary N) is 1. The Morgan fingerprint density at radius 1 is 1.22 bits per heavy atom. The topological polar surface area (TPSA) is 95.5 Å². The van der Waals surface area contributed by atoms with Crippen LogP contribution in [-0.2, 0) is 0 Å². The molecule has 1 aromatic heterocycles. The number of aliphatic hydroxyl groups excluding tert-OH is 1. The van der Waals surface area contributed by atoms with Crippen molar-refractivity contribution in [2.45, 2.75) is 25.0 Å². The molecule has 0 spiro atoms. The summed E-state index contributed by atoms with van der Waals surface area (Å²) in [7, 11) is 0. The van der Waals surface area contributed by atoms with Crippen molar-refractivity contribution in [3.8, 4) is 5.75 Å². The minimum atomic E-state index is -0.659. The summed E-state index contributed by atoms with van der Waals surface area (Å²) in [6, 6.07) is 5.70. The fraction of sp³-hybridized carbons (Fsp3) is 0.421. The molecule has 0 bridgehead atoms. The fourth-order valence-corrected chi connectivity index (χ4v) is 4.04. The summed E-state index contributed by atoms with van der Waals surface area (Å²) >= 11 is 0. The molecule has 1 amide bonds. The third-order valence-electron chi connectivity index (χ3n) is 5.42. The van der Waals surface area contributed by atoms with Gasteiger partial charge in [-0.1, -0.05) is 0 Å². The lowest BCUT2D eigenvalue weighted by Gasteiger charge is -2.35. The molecular formula is C19H20FN3O4. The van der Waals surface area contributed by atoms with Gasteiger partial charge in [0.2, 0.25) is 0 Å². The number of halogens is 1. The quantitative estimate of drug-likeness (QED) is 0.843. The smallest absolute Gasteiger partial charge is 0.263 e. The van der Waals surface area contributed by atoms with Crippen molar-refractivity contribution in [2.75, 3.05) is 13.1 Å². The highest BCUT2D eigenvalue weighted by molar-refractivity contribution is 5.93. The van der Waals surface area contributed by atoms with E-state index in [1.807, 2.05) is 0 Å². The van der Waals surface area contributed by atoms with Crippen molar-refractivity contribution >= 4 is 5.91 Å². The summed E-state index contributed by atoms with van der Waals surface area (Å²) in [6.07, 6.45) is 2.57. The highest BCUT2D eigenvalue weighted by atomic mass is 19.1. The van der Waals surface area contributed by atoms with E-state index in [9.17, 15) is 19.1 Å². The Morgan fingerprint density at radius 2 is 1.93 bits per heavy atom. The molecule has 142 valence electrons. The van der Waals surface area contributed by atoms with Crippen molar-refractivity contribution in [1.29, 1.82) is 0 Å². The number of hydrogen-bond acceptors (Lipinski definition) is 5. The van der Waals surface area contributed by atoms with Gasteiger partial charge in [-0.05, 0) is 48.9 Å². The number of rotatable bonds is 3. The Hall–Kier alpha value is -2.74. The molecule has 2 aliphatic rings. The number of H-pyrrole nitrogens is 1. The number of amides is 1. The van der Waals surface area contributed by atoms with Gasteiger partial charge in [-0.2, -0.15) is 0 Å². The SMILES string of the molecule is O=C(c1cnc[nH]c1=O)N1C[C@H]2C[C@@H](Oc3ccc(F)cc3)[C@H](O)C[C@H]2C1. The van der Waals surface area contributed by atoms with Crippen molar-refractivity contribution < 1.29 is 19.0 Å². The van der Waals surface area contributed by atoms with E-state index in [-0.39, 0.29) is 29.1 Å². The lowest BCUT2D eigenvalue weighted by atomic mass is 9.78. The number of aliphatic hydroxyl groups is 1. The molecule has 4 atom stereocenters. The van der Waals surface area contributed by atoms with Gasteiger partial charge in [-0.25, -0.2) is 9.37 Å². The van der Waals surface area contributed by atoms with E-state index in [1.165, 1.54) is 36.8 Å². The molecule has 2 N–H and O–H groups in total.